The second kappa shape index (κ2) is 30.5. The third-order valence-corrected chi connectivity index (χ3v) is 145. The average Bonchev–Trinajstić information content (AvgIpc) is 1.41. The predicted octanol–water partition coefficient (Wildman–Crippen LogP) is 28.6. The summed E-state index contributed by atoms with van der Waals surface area (Å²) in [5.74, 6) is 0. The van der Waals surface area contributed by atoms with Gasteiger partial charge in [0.15, 0.2) is 0 Å². The maximum atomic E-state index is 6.49. The molecule has 4 aliphatic rings. The molecule has 0 radical (unpaired) electrons. The van der Waals surface area contributed by atoms with Crippen LogP contribution in [-0.2, 0) is 9.47 Å². The quantitative estimate of drug-likeness (QED) is 0.0715. The van der Waals surface area contributed by atoms with Gasteiger partial charge in [-0.3, -0.25) is 9.98 Å². The SMILES string of the molecule is CCOCC.CCOCC.Cc1cccc(C)c1N=C1[Si]2(C([Si](C)(C)C)([Si](C)(C)C)CCC2([Si](C)(C)C)[Si](C)(C)C)[Si@@]1(c1c2ccccc2cc2ccccc12)C(C)(C)C.Cc1cccc(C)c1N=C1[Si]2(C([Si](C)(C)C)([Si](C)(C)C)CCC2([Si](C)(C)C)[Si](C)(C)C)[Si@]1(c1c2ccccc2cc2ccccc12)C(C)(C)C. The molecule has 110 heavy (non-hydrogen) atoms. The van der Waals surface area contributed by atoms with E-state index in [1.165, 1.54) is 80.9 Å². The van der Waals surface area contributed by atoms with Crippen molar-refractivity contribution in [2.75, 3.05) is 26.4 Å². The van der Waals surface area contributed by atoms with Crippen LogP contribution in [0.3, 0.4) is 0 Å². The Morgan fingerprint density at radius 2 is 0.491 bits per heavy atom. The normalized spacial score (nSPS) is 21.6. The molecule has 4 saturated heterocycles. The Bertz CT molecular complexity index is 4180. The molecule has 2 atom stereocenters. The lowest BCUT2D eigenvalue weighted by Gasteiger charge is -2.63. The van der Waals surface area contributed by atoms with Crippen LogP contribution in [0.5, 0.6) is 0 Å². The standard InChI is InChI=1S/2C43H67NSi6.2C4H10O/c2*1-32-23-22-24-33(2)38(32)44-40-49(41(3,4)5,39-36-27-20-18-25-34(36)31-35-26-19-21-28-37(35)39)50(40)42(45(6,7)8,46(9,10)11)29-30-43(50,47(12,13)14)48(15,16)17;2*1-3-5-4-2/h2*18-28,31H,29-30H2,1-17H3;2*3-4H2,1-2H3/t2*49-;;/m10../s1. The molecule has 0 aromatic heterocycles. The van der Waals surface area contributed by atoms with Crippen molar-refractivity contribution in [2.24, 2.45) is 9.98 Å². The lowest BCUT2D eigenvalue weighted by Crippen LogP contribution is -2.76. The van der Waals surface area contributed by atoms with Gasteiger partial charge in [-0.1, -0.05) is 358 Å². The first-order valence-electron chi connectivity index (χ1n) is 42.7. The maximum absolute atomic E-state index is 6.49. The van der Waals surface area contributed by atoms with Crippen LogP contribution in [-0.4, -0.2) is 131 Å². The van der Waals surface area contributed by atoms with Crippen LogP contribution in [0, 0.1) is 27.7 Å². The Morgan fingerprint density at radius 1 is 0.300 bits per heavy atom. The monoisotopic (exact) mass is 1680 g/mol. The number of aryl methyl sites for hydroxylation is 4. The highest BCUT2D eigenvalue weighted by Crippen LogP contribution is 2.88. The van der Waals surface area contributed by atoms with Crippen molar-refractivity contribution < 1.29 is 9.47 Å². The summed E-state index contributed by atoms with van der Waals surface area (Å²) in [6.45, 7) is 105. The zero-order valence-electron chi connectivity index (χ0n) is 77.2. The second-order valence-corrected chi connectivity index (χ2v) is 119. The number of aliphatic imine (C=N–C) groups is 2. The van der Waals surface area contributed by atoms with Crippen LogP contribution in [0.15, 0.2) is 156 Å². The van der Waals surface area contributed by atoms with Gasteiger partial charge < -0.3 is 9.47 Å². The highest BCUT2D eigenvalue weighted by Gasteiger charge is 3.01. The maximum Gasteiger partial charge on any atom is 0.136 e. The van der Waals surface area contributed by atoms with Crippen molar-refractivity contribution in [1.82, 2.24) is 0 Å². The van der Waals surface area contributed by atoms with Crippen LogP contribution >= 0.6 is 0 Å². The average molecular weight is 1680 g/mol. The molecule has 0 bridgehead atoms. The van der Waals surface area contributed by atoms with Crippen molar-refractivity contribution in [1.29, 1.82) is 0 Å². The fourth-order valence-corrected chi connectivity index (χ4v) is 216. The van der Waals surface area contributed by atoms with Crippen molar-refractivity contribution in [3.8, 4) is 0 Å². The van der Waals surface area contributed by atoms with E-state index in [0.29, 0.717) is 17.1 Å². The summed E-state index contributed by atoms with van der Waals surface area (Å²) in [5, 5.41) is 15.7. The molecule has 0 amide bonds. The van der Waals surface area contributed by atoms with Crippen LogP contribution in [0.4, 0.5) is 11.4 Å². The van der Waals surface area contributed by atoms with Gasteiger partial charge in [0.05, 0.1) is 11.4 Å². The summed E-state index contributed by atoms with van der Waals surface area (Å²) in [4.78, 5) is 16.7. The molecule has 4 nitrogen and oxygen atoms in total. The number of rotatable bonds is 16. The van der Waals surface area contributed by atoms with E-state index in [-0.39, 0.29) is 10.1 Å². The fourth-order valence-electron chi connectivity index (χ4n) is 28.1. The topological polar surface area (TPSA) is 43.2 Å². The van der Waals surface area contributed by atoms with Gasteiger partial charge >= 0.3 is 0 Å². The zero-order valence-corrected chi connectivity index (χ0v) is 89.2. The molecule has 0 unspecified atom stereocenters. The molecule has 0 N–H and O–H groups in total. The van der Waals surface area contributed by atoms with Gasteiger partial charge in [-0.15, -0.1) is 0 Å². The van der Waals surface area contributed by atoms with Crippen molar-refractivity contribution in [3.05, 3.63) is 168 Å². The number of hydrogen-bond acceptors (Lipinski definition) is 4. The number of fused-ring (bicyclic) bond motifs is 4. The number of ether oxygens (including phenoxy) is 2. The first kappa shape index (κ1) is 90.6. The molecule has 4 aliphatic heterocycles. The van der Waals surface area contributed by atoms with Crippen molar-refractivity contribution >= 4 is 170 Å². The Kier molecular flexibility index (Phi) is 25.2. The van der Waals surface area contributed by atoms with Gasteiger partial charge in [0, 0.05) is 91.0 Å². The Hall–Kier alpha value is -3.34. The van der Waals surface area contributed by atoms with Crippen LogP contribution < -0.4 is 10.4 Å². The molecule has 16 heteroatoms. The second-order valence-electron chi connectivity index (χ2n) is 44.5. The Balaban J connectivity index is 0.000000225. The van der Waals surface area contributed by atoms with E-state index in [1.54, 1.807) is 31.9 Å². The lowest BCUT2D eigenvalue weighted by atomic mass is 10.0. The third kappa shape index (κ3) is 13.0. The predicted molar refractivity (Wildman–Crippen MR) is 531 cm³/mol. The van der Waals surface area contributed by atoms with Gasteiger partial charge in [0.25, 0.3) is 0 Å². The molecule has 2 spiro atoms. The first-order valence-corrected chi connectivity index (χ1v) is 80.7. The minimum Gasteiger partial charge on any atom is -0.382 e. The summed E-state index contributed by atoms with van der Waals surface area (Å²) in [7, 11) is -24.9. The number of nitrogens with zero attached hydrogens (tertiary/aromatic N) is 2. The van der Waals surface area contributed by atoms with E-state index >= 15 is 0 Å². The van der Waals surface area contributed by atoms with Gasteiger partial charge in [-0.2, -0.15) is 0 Å². The first-order chi connectivity index (χ1) is 50.4. The van der Waals surface area contributed by atoms with E-state index < -0.39 is 95.0 Å². The van der Waals surface area contributed by atoms with Crippen molar-refractivity contribution in [2.45, 2.75) is 307 Å². The van der Waals surface area contributed by atoms with E-state index in [4.69, 9.17) is 19.5 Å². The van der Waals surface area contributed by atoms with E-state index in [9.17, 15) is 0 Å². The highest BCUT2D eigenvalue weighted by atomic mass is 29.3. The fraction of sp³-hybridized carbons (Fsp3) is 0.553. The summed E-state index contributed by atoms with van der Waals surface area (Å²) in [5.41, 5.74) is 8.00. The molecular formula is C94H154N2O2Si12. The van der Waals surface area contributed by atoms with Gasteiger partial charge in [-0.25, -0.2) is 0 Å². The largest absolute Gasteiger partial charge is 0.382 e. The molecule has 600 valence electrons. The summed E-state index contributed by atoms with van der Waals surface area (Å²) >= 11 is 0. The minimum absolute atomic E-state index is 0.112. The lowest BCUT2D eigenvalue weighted by molar-refractivity contribution is 0.162. The molecular weight excluding hydrogens is 1530 g/mol. The van der Waals surface area contributed by atoms with Gasteiger partial charge in [0.1, 0.15) is 30.4 Å². The smallest absolute Gasteiger partial charge is 0.136 e. The molecule has 0 saturated carbocycles. The molecule has 4 fully saturated rings. The third-order valence-electron chi connectivity index (χ3n) is 29.7. The highest BCUT2D eigenvalue weighted by molar-refractivity contribution is 7.98. The molecule has 0 aliphatic carbocycles. The van der Waals surface area contributed by atoms with Gasteiger partial charge in [0.2, 0.25) is 0 Å². The summed E-state index contributed by atoms with van der Waals surface area (Å²) in [6.07, 6.45) is 5.83. The number of hydrogen-bond donors (Lipinski definition) is 0. The van der Waals surface area contributed by atoms with Crippen molar-refractivity contribution in [3.63, 3.8) is 0 Å². The number of benzene rings is 8. The van der Waals surface area contributed by atoms with Crippen LogP contribution in [0.25, 0.3) is 43.1 Å². The molecule has 8 aromatic carbocycles. The van der Waals surface area contributed by atoms with E-state index in [1.807, 2.05) is 37.6 Å². The summed E-state index contributed by atoms with van der Waals surface area (Å²) < 4.78 is 11.4. The van der Waals surface area contributed by atoms with Crippen LogP contribution in [0.2, 0.25) is 184 Å². The minimum atomic E-state index is -2.62. The Labute approximate surface area is 684 Å². The van der Waals surface area contributed by atoms with Crippen LogP contribution in [0.1, 0.15) is 117 Å². The molecule has 12 rings (SSSR count). The van der Waals surface area contributed by atoms with E-state index in [2.05, 4.69) is 372 Å². The Morgan fingerprint density at radius 3 is 0.655 bits per heavy atom. The molecule has 8 aromatic rings. The van der Waals surface area contributed by atoms with E-state index in [0.717, 1.165) is 26.4 Å². The van der Waals surface area contributed by atoms with Gasteiger partial charge in [-0.05, 0) is 180 Å². The summed E-state index contributed by atoms with van der Waals surface area (Å²) in [6, 6.07) is 57.1. The number of para-hydroxylation sites is 2. The molecule has 4 heterocycles. The zero-order chi connectivity index (χ0) is 82.8.